The molecule has 10 heteroatoms. The van der Waals surface area contributed by atoms with Crippen LogP contribution in [0.2, 0.25) is 18.1 Å². The van der Waals surface area contributed by atoms with Gasteiger partial charge in [0.1, 0.15) is 22.6 Å². The molecule has 2 aromatic rings. The lowest BCUT2D eigenvalue weighted by Crippen LogP contribution is -2.44. The second-order valence-corrected chi connectivity index (χ2v) is 14.5. The Labute approximate surface area is 191 Å². The van der Waals surface area contributed by atoms with Gasteiger partial charge in [0.2, 0.25) is 8.32 Å². The van der Waals surface area contributed by atoms with Gasteiger partial charge in [-0.2, -0.15) is 26.3 Å². The fourth-order valence-electron chi connectivity index (χ4n) is 2.86. The van der Waals surface area contributed by atoms with Gasteiger partial charge in [-0.1, -0.05) is 34.6 Å². The maximum absolute atomic E-state index is 13.6. The fraction of sp³-hybridized carbons (Fsp3) is 0.478. The van der Waals surface area contributed by atoms with Gasteiger partial charge >= 0.3 is 12.4 Å². The molecule has 0 aromatic heterocycles. The van der Waals surface area contributed by atoms with Crippen LogP contribution in [0.1, 0.15) is 57.2 Å². The van der Waals surface area contributed by atoms with E-state index in [-0.39, 0.29) is 16.7 Å². The first-order valence-electron chi connectivity index (χ1n) is 10.3. The van der Waals surface area contributed by atoms with Crippen LogP contribution in [-0.4, -0.2) is 8.32 Å². The van der Waals surface area contributed by atoms with Crippen LogP contribution >= 0.6 is 0 Å². The van der Waals surface area contributed by atoms with Crippen molar-refractivity contribution < 1.29 is 35.5 Å². The normalized spacial score (nSPS) is 13.4. The molecule has 0 amide bonds. The third-order valence-electron chi connectivity index (χ3n) is 5.72. The molecule has 0 aliphatic heterocycles. The third kappa shape index (κ3) is 6.16. The second kappa shape index (κ2) is 8.77. The first kappa shape index (κ1) is 26.9. The first-order valence-corrected chi connectivity index (χ1v) is 13.2. The average Bonchev–Trinajstić information content (AvgIpc) is 2.60. The van der Waals surface area contributed by atoms with Crippen LogP contribution in [0.15, 0.2) is 30.3 Å². The third-order valence-corrected chi connectivity index (χ3v) is 10.1. The molecule has 0 bridgehead atoms. The van der Waals surface area contributed by atoms with Gasteiger partial charge in [0.05, 0.1) is 0 Å². The Hall–Kier alpha value is -2.36. The number of rotatable bonds is 5. The minimum Gasteiger partial charge on any atom is -0.543 e. The van der Waals surface area contributed by atoms with Gasteiger partial charge in [0.25, 0.3) is 0 Å². The van der Waals surface area contributed by atoms with Crippen LogP contribution in [0, 0.1) is 0 Å². The van der Waals surface area contributed by atoms with E-state index in [0.717, 1.165) is 0 Å². The highest BCUT2D eigenvalue weighted by atomic mass is 28.4. The van der Waals surface area contributed by atoms with Crippen molar-refractivity contribution in [2.75, 3.05) is 5.73 Å². The van der Waals surface area contributed by atoms with Gasteiger partial charge in [-0.15, -0.1) is 0 Å². The number of hydrogen-bond donors (Lipinski definition) is 1. The maximum Gasteiger partial charge on any atom is 0.420 e. The Morgan fingerprint density at radius 2 is 1.33 bits per heavy atom. The van der Waals surface area contributed by atoms with Crippen LogP contribution in [0.3, 0.4) is 0 Å². The minimum absolute atomic E-state index is 0.108. The van der Waals surface area contributed by atoms with E-state index >= 15 is 0 Å². The van der Waals surface area contributed by atoms with Crippen molar-refractivity contribution in [2.24, 2.45) is 0 Å². The number of hydrogen-bond acceptors (Lipinski definition) is 3. The summed E-state index contributed by atoms with van der Waals surface area (Å²) in [6.07, 6.45) is -10.2. The molecule has 0 radical (unpaired) electrons. The number of anilines is 1. The Bertz CT molecular complexity index is 972. The van der Waals surface area contributed by atoms with Gasteiger partial charge in [0.15, 0.2) is 5.75 Å². The first-order chi connectivity index (χ1) is 14.7. The van der Waals surface area contributed by atoms with E-state index in [1.165, 1.54) is 18.2 Å². The molecule has 0 saturated carbocycles. The summed E-state index contributed by atoms with van der Waals surface area (Å²) in [6, 6.07) is 5.13. The summed E-state index contributed by atoms with van der Waals surface area (Å²) in [7, 11) is -2.24. The Morgan fingerprint density at radius 3 is 1.73 bits per heavy atom. The van der Waals surface area contributed by atoms with Gasteiger partial charge in [-0.25, -0.2) is 0 Å². The number of nitrogens with two attached hydrogens (primary N) is 1. The number of ether oxygens (including phenoxy) is 1. The van der Waals surface area contributed by atoms with E-state index in [2.05, 4.69) is 20.8 Å². The summed E-state index contributed by atoms with van der Waals surface area (Å²) in [4.78, 5) is 0. The smallest absolute Gasteiger partial charge is 0.420 e. The number of nitrogen functional groups attached to an aromatic ring is 1. The van der Waals surface area contributed by atoms with Crippen molar-refractivity contribution in [1.29, 1.82) is 0 Å². The van der Waals surface area contributed by atoms with Crippen molar-refractivity contribution in [3.63, 3.8) is 0 Å². The number of halogens is 6. The van der Waals surface area contributed by atoms with Crippen molar-refractivity contribution in [3.8, 4) is 17.2 Å². The topological polar surface area (TPSA) is 44.5 Å². The summed E-state index contributed by atoms with van der Waals surface area (Å²) in [5.41, 5.74) is 2.09. The Kier molecular flexibility index (Phi) is 7.15. The van der Waals surface area contributed by atoms with Gasteiger partial charge in [0, 0.05) is 5.69 Å². The van der Waals surface area contributed by atoms with Crippen molar-refractivity contribution in [3.05, 3.63) is 47.0 Å². The molecular weight excluding hydrogens is 464 g/mol. The maximum atomic E-state index is 13.6. The van der Waals surface area contributed by atoms with Gasteiger partial charge in [-0.05, 0) is 59.9 Å². The molecule has 0 saturated heterocycles. The summed E-state index contributed by atoms with van der Waals surface area (Å²) >= 11 is 0. The van der Waals surface area contributed by atoms with E-state index in [0.29, 0.717) is 23.4 Å². The SMILES string of the molecule is CC(C)c1cc(Oc2c(C(F)(F)F)cc(N)cc2C(F)(F)F)ccc1O[Si](C)(C)C(C)(C)C. The molecule has 2 rings (SSSR count). The largest absolute Gasteiger partial charge is 0.543 e. The second-order valence-electron chi connectivity index (χ2n) is 9.76. The molecule has 0 atom stereocenters. The lowest BCUT2D eigenvalue weighted by molar-refractivity contribution is -0.144. The standard InChI is InChI=1S/C23H29F6NO2Si/c1-13(2)16-12-15(8-9-19(16)32-33(6,7)21(3,4)5)31-20-17(22(24,25)26)10-14(30)11-18(20)23(27,28)29/h8-13H,30H2,1-7H3. The summed E-state index contributed by atoms with van der Waals surface area (Å²) < 4.78 is 92.9. The summed E-state index contributed by atoms with van der Waals surface area (Å²) in [6.45, 7) is 14.0. The highest BCUT2D eigenvalue weighted by Crippen LogP contribution is 2.48. The molecule has 0 fully saturated rings. The quantitative estimate of drug-likeness (QED) is 0.258. The number of benzene rings is 2. The molecule has 2 aromatic carbocycles. The average molecular weight is 494 g/mol. The zero-order valence-electron chi connectivity index (χ0n) is 19.6. The zero-order valence-corrected chi connectivity index (χ0v) is 20.6. The molecule has 0 spiro atoms. The van der Waals surface area contributed by atoms with Crippen LogP contribution < -0.4 is 14.9 Å². The van der Waals surface area contributed by atoms with E-state index in [1.807, 2.05) is 26.9 Å². The van der Waals surface area contributed by atoms with E-state index in [1.54, 1.807) is 0 Å². The van der Waals surface area contributed by atoms with E-state index < -0.39 is 43.2 Å². The molecule has 33 heavy (non-hydrogen) atoms. The van der Waals surface area contributed by atoms with Crippen molar-refractivity contribution in [1.82, 2.24) is 0 Å². The Balaban J connectivity index is 2.62. The van der Waals surface area contributed by atoms with E-state index in [9.17, 15) is 26.3 Å². The highest BCUT2D eigenvalue weighted by Gasteiger charge is 2.43. The molecule has 2 N–H and O–H groups in total. The molecule has 184 valence electrons. The summed E-state index contributed by atoms with van der Waals surface area (Å²) in [5, 5.41) is -0.108. The highest BCUT2D eigenvalue weighted by molar-refractivity contribution is 6.74. The van der Waals surface area contributed by atoms with Gasteiger partial charge in [-0.3, -0.25) is 0 Å². The molecule has 0 aliphatic carbocycles. The monoisotopic (exact) mass is 493 g/mol. The van der Waals surface area contributed by atoms with Crippen molar-refractivity contribution >= 4 is 14.0 Å². The van der Waals surface area contributed by atoms with E-state index in [4.69, 9.17) is 14.9 Å². The number of alkyl halides is 6. The lowest BCUT2D eigenvalue weighted by Gasteiger charge is -2.37. The van der Waals surface area contributed by atoms with Crippen molar-refractivity contribution in [2.45, 2.75) is 71.0 Å². The minimum atomic E-state index is -5.10. The van der Waals surface area contributed by atoms with Crippen LogP contribution in [0.5, 0.6) is 17.2 Å². The fourth-order valence-corrected chi connectivity index (χ4v) is 3.90. The molecular formula is C23H29F6NO2Si. The molecule has 0 aliphatic rings. The zero-order chi connectivity index (χ0) is 25.6. The lowest BCUT2D eigenvalue weighted by atomic mass is 10.0. The summed E-state index contributed by atoms with van der Waals surface area (Å²) in [5.74, 6) is -1.09. The Morgan fingerprint density at radius 1 is 0.848 bits per heavy atom. The predicted molar refractivity (Wildman–Crippen MR) is 119 cm³/mol. The van der Waals surface area contributed by atoms with Gasteiger partial charge < -0.3 is 14.9 Å². The predicted octanol–water partition coefficient (Wildman–Crippen LogP) is 8.61. The molecule has 0 heterocycles. The molecule has 3 nitrogen and oxygen atoms in total. The van der Waals surface area contributed by atoms with Crippen LogP contribution in [0.4, 0.5) is 32.0 Å². The van der Waals surface area contributed by atoms with Crippen LogP contribution in [0.25, 0.3) is 0 Å². The molecule has 0 unspecified atom stereocenters. The van der Waals surface area contributed by atoms with Crippen LogP contribution in [-0.2, 0) is 12.4 Å².